The molecule has 2 aromatic rings. The van der Waals surface area contributed by atoms with Gasteiger partial charge in [0.2, 0.25) is 0 Å². The van der Waals surface area contributed by atoms with E-state index in [1.165, 1.54) is 12.1 Å². The number of amides is 1. The van der Waals surface area contributed by atoms with E-state index in [9.17, 15) is 9.18 Å². The quantitative estimate of drug-likeness (QED) is 0.895. The average Bonchev–Trinajstić information content (AvgIpc) is 2.42. The summed E-state index contributed by atoms with van der Waals surface area (Å²) in [6, 6.07) is 9.56. The number of hydrogen-bond donors (Lipinski definition) is 2. The molecule has 0 radical (unpaired) electrons. The predicted octanol–water partition coefficient (Wildman–Crippen LogP) is 4.08. The molecule has 0 bridgehead atoms. The van der Waals surface area contributed by atoms with E-state index < -0.39 is 11.7 Å². The number of halogens is 2. The molecule has 0 aliphatic carbocycles. The van der Waals surface area contributed by atoms with E-state index in [2.05, 4.69) is 10.6 Å². The van der Waals surface area contributed by atoms with Gasteiger partial charge in [0.15, 0.2) is 0 Å². The van der Waals surface area contributed by atoms with Gasteiger partial charge in [-0.25, -0.2) is 4.39 Å². The highest BCUT2D eigenvalue weighted by atomic mass is 35.5. The van der Waals surface area contributed by atoms with Gasteiger partial charge in [0.1, 0.15) is 5.82 Å². The Kier molecular flexibility index (Phi) is 4.25. The first-order valence-corrected chi connectivity index (χ1v) is 6.44. The Morgan fingerprint density at radius 2 is 2.00 bits per heavy atom. The summed E-state index contributed by atoms with van der Waals surface area (Å²) in [7, 11) is 1.57. The van der Waals surface area contributed by atoms with Crippen LogP contribution >= 0.6 is 11.6 Å². The summed E-state index contributed by atoms with van der Waals surface area (Å²) >= 11 is 6.00. The Labute approximate surface area is 121 Å². The van der Waals surface area contributed by atoms with Gasteiger partial charge in [-0.1, -0.05) is 23.7 Å². The van der Waals surface area contributed by atoms with Crippen LogP contribution in [0.25, 0.3) is 0 Å². The van der Waals surface area contributed by atoms with Crippen LogP contribution in [0.1, 0.15) is 15.9 Å². The number of aryl methyl sites for hydroxylation is 1. The zero-order valence-electron chi connectivity index (χ0n) is 11.1. The van der Waals surface area contributed by atoms with Gasteiger partial charge in [-0.3, -0.25) is 4.79 Å². The fourth-order valence-corrected chi connectivity index (χ4v) is 2.02. The molecule has 2 rings (SSSR count). The summed E-state index contributed by atoms with van der Waals surface area (Å²) in [5.74, 6) is -0.865. The minimum absolute atomic E-state index is 0.170. The smallest absolute Gasteiger partial charge is 0.257 e. The molecule has 104 valence electrons. The van der Waals surface area contributed by atoms with Crippen LogP contribution in [0.2, 0.25) is 5.02 Å². The summed E-state index contributed by atoms with van der Waals surface area (Å²) in [5, 5.41) is 5.95. The third kappa shape index (κ3) is 2.91. The molecule has 1 amide bonds. The van der Waals surface area contributed by atoms with Crippen molar-refractivity contribution in [1.82, 2.24) is 0 Å². The largest absolute Gasteiger partial charge is 0.385 e. The van der Waals surface area contributed by atoms with E-state index in [1.54, 1.807) is 25.2 Å². The zero-order valence-corrected chi connectivity index (χ0v) is 11.9. The van der Waals surface area contributed by atoms with Gasteiger partial charge in [-0.2, -0.15) is 0 Å². The maximum atomic E-state index is 13.6. The lowest BCUT2D eigenvalue weighted by Crippen LogP contribution is -2.14. The van der Waals surface area contributed by atoms with Crippen molar-refractivity contribution in [3.8, 4) is 0 Å². The fourth-order valence-electron chi connectivity index (χ4n) is 1.84. The van der Waals surface area contributed by atoms with Crippen LogP contribution in [0.4, 0.5) is 15.8 Å². The molecule has 20 heavy (non-hydrogen) atoms. The number of carbonyl (C=O) groups excluding carboxylic acids is 1. The van der Waals surface area contributed by atoms with Crippen molar-refractivity contribution in [3.63, 3.8) is 0 Å². The van der Waals surface area contributed by atoms with Crippen molar-refractivity contribution in [3.05, 3.63) is 58.4 Å². The predicted molar refractivity (Wildman–Crippen MR) is 80.1 cm³/mol. The molecule has 3 nitrogen and oxygen atoms in total. The summed E-state index contributed by atoms with van der Waals surface area (Å²) in [6.07, 6.45) is 0. The summed E-state index contributed by atoms with van der Waals surface area (Å²) in [4.78, 5) is 12.2. The first-order valence-electron chi connectivity index (χ1n) is 6.06. The molecule has 5 heteroatoms. The van der Waals surface area contributed by atoms with E-state index in [0.717, 1.165) is 5.56 Å². The van der Waals surface area contributed by atoms with Gasteiger partial charge < -0.3 is 10.6 Å². The minimum Gasteiger partial charge on any atom is -0.385 e. The molecule has 0 aromatic heterocycles. The van der Waals surface area contributed by atoms with Gasteiger partial charge in [-0.05, 0) is 36.8 Å². The second kappa shape index (κ2) is 5.92. The monoisotopic (exact) mass is 292 g/mol. The molecule has 0 heterocycles. The van der Waals surface area contributed by atoms with Gasteiger partial charge in [0, 0.05) is 17.8 Å². The van der Waals surface area contributed by atoms with Crippen molar-refractivity contribution >= 4 is 28.9 Å². The molecule has 2 N–H and O–H groups in total. The van der Waals surface area contributed by atoms with Crippen LogP contribution in [0.15, 0.2) is 36.4 Å². The molecule has 0 aliphatic rings. The standard InChI is InChI=1S/C15H14ClFN2O/c1-9-6-7-10(8-12(9)16)19-15(20)11-4-3-5-13(17)14(11)18-2/h3-8,18H,1-2H3,(H,19,20). The van der Waals surface area contributed by atoms with Crippen molar-refractivity contribution in [2.45, 2.75) is 6.92 Å². The molecular formula is C15H14ClFN2O. The van der Waals surface area contributed by atoms with Crippen LogP contribution in [-0.2, 0) is 0 Å². The Morgan fingerprint density at radius 1 is 1.25 bits per heavy atom. The average molecular weight is 293 g/mol. The van der Waals surface area contributed by atoms with E-state index in [0.29, 0.717) is 10.7 Å². The van der Waals surface area contributed by atoms with Crippen LogP contribution < -0.4 is 10.6 Å². The molecular weight excluding hydrogens is 279 g/mol. The maximum absolute atomic E-state index is 13.6. The normalized spacial score (nSPS) is 10.2. The van der Waals surface area contributed by atoms with Crippen molar-refractivity contribution in [2.24, 2.45) is 0 Å². The van der Waals surface area contributed by atoms with Crippen LogP contribution in [0, 0.1) is 12.7 Å². The lowest BCUT2D eigenvalue weighted by molar-refractivity contribution is 0.102. The number of carbonyl (C=O) groups is 1. The molecule has 0 fully saturated rings. The molecule has 0 saturated carbocycles. The van der Waals surface area contributed by atoms with Gasteiger partial charge in [-0.15, -0.1) is 0 Å². The Morgan fingerprint density at radius 3 is 2.65 bits per heavy atom. The van der Waals surface area contributed by atoms with E-state index in [1.807, 2.05) is 13.0 Å². The number of para-hydroxylation sites is 1. The van der Waals surface area contributed by atoms with Gasteiger partial charge in [0.25, 0.3) is 5.91 Å². The van der Waals surface area contributed by atoms with Gasteiger partial charge in [0.05, 0.1) is 11.3 Å². The van der Waals surface area contributed by atoms with E-state index in [4.69, 9.17) is 11.6 Å². The second-order valence-corrected chi connectivity index (χ2v) is 4.74. The zero-order chi connectivity index (χ0) is 14.7. The van der Waals surface area contributed by atoms with Gasteiger partial charge >= 0.3 is 0 Å². The lowest BCUT2D eigenvalue weighted by atomic mass is 10.1. The maximum Gasteiger partial charge on any atom is 0.257 e. The fraction of sp³-hybridized carbons (Fsp3) is 0.133. The number of nitrogens with one attached hydrogen (secondary N) is 2. The Hall–Kier alpha value is -2.07. The first-order chi connectivity index (χ1) is 9.52. The number of rotatable bonds is 3. The Bertz CT molecular complexity index is 658. The topological polar surface area (TPSA) is 41.1 Å². The minimum atomic E-state index is -0.470. The molecule has 2 aromatic carbocycles. The van der Waals surface area contributed by atoms with Crippen molar-refractivity contribution in [2.75, 3.05) is 17.7 Å². The number of anilines is 2. The lowest BCUT2D eigenvalue weighted by Gasteiger charge is -2.11. The Balaban J connectivity index is 2.28. The summed E-state index contributed by atoms with van der Waals surface area (Å²) < 4.78 is 13.6. The molecule has 0 aliphatic heterocycles. The molecule has 0 spiro atoms. The highest BCUT2D eigenvalue weighted by Gasteiger charge is 2.14. The van der Waals surface area contributed by atoms with E-state index in [-0.39, 0.29) is 11.3 Å². The number of benzene rings is 2. The molecule has 0 saturated heterocycles. The van der Waals surface area contributed by atoms with Crippen molar-refractivity contribution < 1.29 is 9.18 Å². The van der Waals surface area contributed by atoms with Crippen molar-refractivity contribution in [1.29, 1.82) is 0 Å². The molecule has 0 unspecified atom stereocenters. The SMILES string of the molecule is CNc1c(F)cccc1C(=O)Nc1ccc(C)c(Cl)c1. The summed E-state index contributed by atoms with van der Waals surface area (Å²) in [6.45, 7) is 1.87. The third-order valence-electron chi connectivity index (χ3n) is 2.94. The van der Waals surface area contributed by atoms with Crippen LogP contribution in [-0.4, -0.2) is 13.0 Å². The highest BCUT2D eigenvalue weighted by Crippen LogP contribution is 2.23. The number of hydrogen-bond acceptors (Lipinski definition) is 2. The second-order valence-electron chi connectivity index (χ2n) is 4.33. The van der Waals surface area contributed by atoms with E-state index >= 15 is 0 Å². The van der Waals surface area contributed by atoms with Crippen LogP contribution in [0.3, 0.4) is 0 Å². The first kappa shape index (κ1) is 14.3. The summed E-state index contributed by atoms with van der Waals surface area (Å²) in [5.41, 5.74) is 1.90. The highest BCUT2D eigenvalue weighted by molar-refractivity contribution is 6.31. The van der Waals surface area contributed by atoms with Crippen LogP contribution in [0.5, 0.6) is 0 Å². The third-order valence-corrected chi connectivity index (χ3v) is 3.35. The molecule has 0 atom stereocenters.